The number of benzene rings is 1. The first-order valence-electron chi connectivity index (χ1n) is 9.88. The summed E-state index contributed by atoms with van der Waals surface area (Å²) < 4.78 is 18.7. The van der Waals surface area contributed by atoms with Gasteiger partial charge in [-0.1, -0.05) is 0 Å². The van der Waals surface area contributed by atoms with Gasteiger partial charge in [0.05, 0.1) is 38.8 Å². The summed E-state index contributed by atoms with van der Waals surface area (Å²) in [5.41, 5.74) is 9.01. The van der Waals surface area contributed by atoms with Gasteiger partial charge in [0.1, 0.15) is 16.1 Å². The third kappa shape index (κ3) is 4.70. The highest BCUT2D eigenvalue weighted by Crippen LogP contribution is 2.33. The highest BCUT2D eigenvalue weighted by atomic mass is 79.9. The largest absolute Gasteiger partial charge is 0.497 e. The minimum absolute atomic E-state index is 0.485. The van der Waals surface area contributed by atoms with Crippen molar-refractivity contribution in [2.75, 3.05) is 56.5 Å². The molecule has 1 aliphatic rings. The van der Waals surface area contributed by atoms with Crippen molar-refractivity contribution in [2.45, 2.75) is 6.54 Å². The standard InChI is InChI=1S/C21H25BrN6O3/c1-29-15-4-3-14(17(11-15)30-2)13-24-21-20(23)16(27-7-9-31-10-8-27)12-19(25-21)28-6-5-18(22)26-28/h3-6,11-12H,7-10,13,23H2,1-2H3,(H,24,25). The van der Waals surface area contributed by atoms with Gasteiger partial charge in [-0.05, 0) is 34.1 Å². The zero-order chi connectivity index (χ0) is 21.8. The van der Waals surface area contributed by atoms with E-state index >= 15 is 0 Å². The molecule has 1 saturated heterocycles. The number of morpholine rings is 1. The van der Waals surface area contributed by atoms with Crippen molar-refractivity contribution in [1.29, 1.82) is 0 Å². The first-order valence-corrected chi connectivity index (χ1v) is 10.7. The molecule has 1 aliphatic heterocycles. The van der Waals surface area contributed by atoms with Crippen LogP contribution >= 0.6 is 15.9 Å². The molecule has 0 spiro atoms. The molecule has 0 bridgehead atoms. The molecule has 2 aromatic heterocycles. The van der Waals surface area contributed by atoms with Gasteiger partial charge in [0.15, 0.2) is 11.6 Å². The van der Waals surface area contributed by atoms with E-state index in [0.717, 1.165) is 40.4 Å². The first-order chi connectivity index (χ1) is 15.1. The van der Waals surface area contributed by atoms with Crippen LogP contribution in [-0.2, 0) is 11.3 Å². The fraction of sp³-hybridized carbons (Fsp3) is 0.333. The molecule has 4 rings (SSSR count). The molecule has 3 heterocycles. The predicted octanol–water partition coefficient (Wildman–Crippen LogP) is 3.08. The predicted molar refractivity (Wildman–Crippen MR) is 123 cm³/mol. The summed E-state index contributed by atoms with van der Waals surface area (Å²) in [4.78, 5) is 6.95. The Morgan fingerprint density at radius 1 is 1.16 bits per heavy atom. The van der Waals surface area contributed by atoms with Gasteiger partial charge in [-0.2, -0.15) is 5.10 Å². The molecule has 0 amide bonds. The van der Waals surface area contributed by atoms with E-state index in [1.165, 1.54) is 0 Å². The van der Waals surface area contributed by atoms with Crippen molar-refractivity contribution in [3.05, 3.63) is 46.7 Å². The monoisotopic (exact) mass is 488 g/mol. The lowest BCUT2D eigenvalue weighted by atomic mass is 10.2. The van der Waals surface area contributed by atoms with Crippen LogP contribution in [0.1, 0.15) is 5.56 Å². The number of anilines is 3. The summed E-state index contributed by atoms with van der Waals surface area (Å²) >= 11 is 3.40. The van der Waals surface area contributed by atoms with Crippen LogP contribution in [0.4, 0.5) is 17.2 Å². The highest BCUT2D eigenvalue weighted by molar-refractivity contribution is 9.10. The zero-order valence-electron chi connectivity index (χ0n) is 17.5. The molecule has 164 valence electrons. The van der Waals surface area contributed by atoms with Gasteiger partial charge < -0.3 is 30.2 Å². The van der Waals surface area contributed by atoms with Gasteiger partial charge >= 0.3 is 0 Å². The average Bonchev–Trinajstić information content (AvgIpc) is 3.25. The fourth-order valence-corrected chi connectivity index (χ4v) is 3.74. The minimum Gasteiger partial charge on any atom is -0.497 e. The van der Waals surface area contributed by atoms with Crippen LogP contribution in [0, 0.1) is 0 Å². The molecule has 3 aromatic rings. The molecule has 0 radical (unpaired) electrons. The smallest absolute Gasteiger partial charge is 0.157 e. The Hall–Kier alpha value is -2.98. The Kier molecular flexibility index (Phi) is 6.47. The highest BCUT2D eigenvalue weighted by Gasteiger charge is 2.19. The summed E-state index contributed by atoms with van der Waals surface area (Å²) in [6.07, 6.45) is 1.85. The molecule has 3 N–H and O–H groups in total. The third-order valence-electron chi connectivity index (χ3n) is 5.11. The Bertz CT molecular complexity index is 1050. The van der Waals surface area contributed by atoms with Gasteiger partial charge in [0.2, 0.25) is 0 Å². The van der Waals surface area contributed by atoms with Crippen molar-refractivity contribution < 1.29 is 14.2 Å². The molecule has 1 fully saturated rings. The van der Waals surface area contributed by atoms with Gasteiger partial charge in [-0.3, -0.25) is 0 Å². The number of methoxy groups -OCH3 is 2. The second-order valence-corrected chi connectivity index (χ2v) is 7.79. The molecule has 0 atom stereocenters. The topological polar surface area (TPSA) is 99.7 Å². The quantitative estimate of drug-likeness (QED) is 0.523. The van der Waals surface area contributed by atoms with Crippen molar-refractivity contribution >= 4 is 33.1 Å². The Balaban J connectivity index is 1.67. The number of hydrogen-bond acceptors (Lipinski definition) is 8. The number of ether oxygens (including phenoxy) is 3. The van der Waals surface area contributed by atoms with E-state index in [4.69, 9.17) is 24.9 Å². The number of nitrogens with one attached hydrogen (secondary N) is 1. The molecule has 9 nitrogen and oxygen atoms in total. The number of nitrogen functional groups attached to an aromatic ring is 1. The van der Waals surface area contributed by atoms with Gasteiger partial charge in [0.25, 0.3) is 0 Å². The fourth-order valence-electron chi connectivity index (χ4n) is 3.45. The van der Waals surface area contributed by atoms with E-state index in [1.54, 1.807) is 18.9 Å². The van der Waals surface area contributed by atoms with E-state index in [9.17, 15) is 0 Å². The number of hydrogen-bond donors (Lipinski definition) is 2. The van der Waals surface area contributed by atoms with E-state index in [1.807, 2.05) is 36.5 Å². The van der Waals surface area contributed by atoms with E-state index in [0.29, 0.717) is 37.1 Å². The Morgan fingerprint density at radius 3 is 2.65 bits per heavy atom. The third-order valence-corrected chi connectivity index (χ3v) is 5.53. The van der Waals surface area contributed by atoms with Crippen molar-refractivity contribution in [2.24, 2.45) is 0 Å². The normalized spacial score (nSPS) is 13.8. The lowest BCUT2D eigenvalue weighted by molar-refractivity contribution is 0.123. The van der Waals surface area contributed by atoms with Crippen LogP contribution < -0.4 is 25.4 Å². The Morgan fingerprint density at radius 2 is 1.97 bits per heavy atom. The van der Waals surface area contributed by atoms with Crippen LogP contribution in [0.2, 0.25) is 0 Å². The number of nitrogens with zero attached hydrogens (tertiary/aromatic N) is 4. The Labute approximate surface area is 189 Å². The van der Waals surface area contributed by atoms with Crippen molar-refractivity contribution in [3.63, 3.8) is 0 Å². The van der Waals surface area contributed by atoms with Crippen molar-refractivity contribution in [3.8, 4) is 17.3 Å². The van der Waals surface area contributed by atoms with E-state index in [2.05, 4.69) is 31.2 Å². The number of nitrogens with two attached hydrogens (primary N) is 1. The molecule has 31 heavy (non-hydrogen) atoms. The van der Waals surface area contributed by atoms with E-state index < -0.39 is 0 Å². The number of aromatic nitrogens is 3. The van der Waals surface area contributed by atoms with Crippen LogP contribution in [0.5, 0.6) is 11.5 Å². The summed E-state index contributed by atoms with van der Waals surface area (Å²) in [7, 11) is 3.27. The summed E-state index contributed by atoms with van der Waals surface area (Å²) in [6.45, 7) is 3.34. The molecule has 0 aliphatic carbocycles. The number of pyridine rings is 1. The molecule has 10 heteroatoms. The van der Waals surface area contributed by atoms with E-state index in [-0.39, 0.29) is 0 Å². The van der Waals surface area contributed by atoms with Gasteiger partial charge in [0, 0.05) is 43.5 Å². The van der Waals surface area contributed by atoms with Gasteiger partial charge in [-0.25, -0.2) is 9.67 Å². The molecule has 0 saturated carbocycles. The SMILES string of the molecule is COc1ccc(CNc2nc(-n3ccc(Br)n3)cc(N3CCOCC3)c2N)c(OC)c1. The van der Waals surface area contributed by atoms with Crippen LogP contribution in [-0.4, -0.2) is 55.3 Å². The molecular weight excluding hydrogens is 464 g/mol. The summed E-state index contributed by atoms with van der Waals surface area (Å²) in [5.74, 6) is 2.72. The van der Waals surface area contributed by atoms with Crippen LogP contribution in [0.25, 0.3) is 5.82 Å². The first kappa shape index (κ1) is 21.3. The molecule has 0 unspecified atom stereocenters. The maximum Gasteiger partial charge on any atom is 0.157 e. The summed E-state index contributed by atoms with van der Waals surface area (Å²) in [6, 6.07) is 9.52. The second kappa shape index (κ2) is 9.44. The van der Waals surface area contributed by atoms with Crippen LogP contribution in [0.3, 0.4) is 0 Å². The van der Waals surface area contributed by atoms with Gasteiger partial charge in [-0.15, -0.1) is 0 Å². The molecule has 1 aromatic carbocycles. The summed E-state index contributed by atoms with van der Waals surface area (Å²) in [5, 5.41) is 7.80. The average molecular weight is 489 g/mol. The lowest BCUT2D eigenvalue weighted by Crippen LogP contribution is -2.37. The number of halogens is 1. The minimum atomic E-state index is 0.485. The second-order valence-electron chi connectivity index (χ2n) is 6.98. The van der Waals surface area contributed by atoms with Crippen molar-refractivity contribution in [1.82, 2.24) is 14.8 Å². The maximum absolute atomic E-state index is 6.55. The maximum atomic E-state index is 6.55. The molecular formula is C21H25BrN6O3. The lowest BCUT2D eigenvalue weighted by Gasteiger charge is -2.30. The number of rotatable bonds is 7. The van der Waals surface area contributed by atoms with Crippen LogP contribution in [0.15, 0.2) is 41.1 Å². The zero-order valence-corrected chi connectivity index (χ0v) is 19.1.